The highest BCUT2D eigenvalue weighted by Gasteiger charge is 2.27. The maximum absolute atomic E-state index is 6.33. The minimum Gasteiger partial charge on any atom is -0.365 e. The fourth-order valence-electron chi connectivity index (χ4n) is 3.41. The van der Waals surface area contributed by atoms with Gasteiger partial charge in [-0.25, -0.2) is 4.98 Å². The fourth-order valence-corrected chi connectivity index (χ4v) is 4.07. The summed E-state index contributed by atoms with van der Waals surface area (Å²) in [6.07, 6.45) is 3.71. The molecule has 8 heteroatoms. The third-order valence-electron chi connectivity index (χ3n) is 4.96. The minimum atomic E-state index is -0.119. The number of rotatable bonds is 4. The number of fused-ring (bicyclic) bond motifs is 1. The Hall–Kier alpha value is -2.61. The normalized spacial score (nSPS) is 16.0. The van der Waals surface area contributed by atoms with Crippen molar-refractivity contribution < 1.29 is 9.26 Å². The van der Waals surface area contributed by atoms with Gasteiger partial charge in [-0.05, 0) is 36.6 Å². The Morgan fingerprint density at radius 3 is 2.76 bits per heavy atom. The van der Waals surface area contributed by atoms with Gasteiger partial charge < -0.3 is 13.8 Å². The molecule has 6 nitrogen and oxygen atoms in total. The first-order valence-electron chi connectivity index (χ1n) is 9.11. The molecular formula is C21H17ClN4O2S. The Balaban J connectivity index is 1.41. The van der Waals surface area contributed by atoms with Gasteiger partial charge >= 0.3 is 0 Å². The zero-order valence-electron chi connectivity index (χ0n) is 15.6. The summed E-state index contributed by atoms with van der Waals surface area (Å²) >= 11 is 8.02. The van der Waals surface area contributed by atoms with Crippen molar-refractivity contribution >= 4 is 23.4 Å². The highest BCUT2D eigenvalue weighted by molar-refractivity contribution is 7.98. The average molecular weight is 425 g/mol. The van der Waals surface area contributed by atoms with Crippen molar-refractivity contribution in [2.45, 2.75) is 24.2 Å². The molecule has 29 heavy (non-hydrogen) atoms. The Bertz CT molecular complexity index is 1160. The van der Waals surface area contributed by atoms with Crippen LogP contribution in [0.5, 0.6) is 0 Å². The molecule has 2 aromatic carbocycles. The molecule has 0 N–H and O–H groups in total. The Labute approximate surface area is 176 Å². The zero-order valence-corrected chi connectivity index (χ0v) is 17.2. The maximum Gasteiger partial charge on any atom is 0.278 e. The molecular weight excluding hydrogens is 408 g/mol. The van der Waals surface area contributed by atoms with Crippen molar-refractivity contribution in [1.82, 2.24) is 19.7 Å². The number of aromatic nitrogens is 4. The fraction of sp³-hybridized carbons (Fsp3) is 0.190. The predicted molar refractivity (Wildman–Crippen MR) is 112 cm³/mol. The van der Waals surface area contributed by atoms with E-state index in [1.165, 1.54) is 4.90 Å². The summed E-state index contributed by atoms with van der Waals surface area (Å²) in [6.45, 7) is 1.02. The van der Waals surface area contributed by atoms with Gasteiger partial charge in [-0.1, -0.05) is 35.0 Å². The molecule has 1 atom stereocenters. The molecule has 0 bridgehead atoms. The summed E-state index contributed by atoms with van der Waals surface area (Å²) in [5.74, 6) is 0.933. The lowest BCUT2D eigenvalue weighted by atomic mass is 10.1. The highest BCUT2D eigenvalue weighted by Crippen LogP contribution is 2.34. The monoisotopic (exact) mass is 424 g/mol. The van der Waals surface area contributed by atoms with E-state index in [-0.39, 0.29) is 6.10 Å². The van der Waals surface area contributed by atoms with Gasteiger partial charge in [0.2, 0.25) is 5.82 Å². The lowest BCUT2D eigenvalue weighted by Gasteiger charge is -2.26. The summed E-state index contributed by atoms with van der Waals surface area (Å²) in [5.41, 5.74) is 3.45. The molecule has 4 aromatic rings. The molecule has 2 aromatic heterocycles. The molecule has 0 amide bonds. The van der Waals surface area contributed by atoms with Gasteiger partial charge in [0.05, 0.1) is 25.2 Å². The van der Waals surface area contributed by atoms with Gasteiger partial charge in [0.15, 0.2) is 5.69 Å². The maximum atomic E-state index is 6.33. The predicted octanol–water partition coefficient (Wildman–Crippen LogP) is 5.25. The first-order valence-corrected chi connectivity index (χ1v) is 10.7. The Morgan fingerprint density at radius 2 is 1.97 bits per heavy atom. The molecule has 0 fully saturated rings. The van der Waals surface area contributed by atoms with Crippen LogP contribution in [0.15, 0.2) is 64.3 Å². The third-order valence-corrected chi connectivity index (χ3v) is 6.05. The minimum absolute atomic E-state index is 0.119. The van der Waals surface area contributed by atoms with Gasteiger partial charge in [0.25, 0.3) is 5.89 Å². The molecule has 3 heterocycles. The van der Waals surface area contributed by atoms with Gasteiger partial charge in [0.1, 0.15) is 6.10 Å². The van der Waals surface area contributed by atoms with Gasteiger partial charge in [-0.3, -0.25) is 0 Å². The number of imidazole rings is 1. The van der Waals surface area contributed by atoms with Crippen LogP contribution in [0.1, 0.15) is 17.4 Å². The summed E-state index contributed by atoms with van der Waals surface area (Å²) in [5, 5.41) is 4.82. The van der Waals surface area contributed by atoms with Crippen LogP contribution >= 0.6 is 23.4 Å². The number of hydrogen-bond donors (Lipinski definition) is 0. The van der Waals surface area contributed by atoms with Crippen molar-refractivity contribution in [3.63, 3.8) is 0 Å². The van der Waals surface area contributed by atoms with E-state index < -0.39 is 0 Å². The number of benzene rings is 2. The van der Waals surface area contributed by atoms with Gasteiger partial charge in [-0.15, -0.1) is 11.8 Å². The largest absolute Gasteiger partial charge is 0.365 e. The summed E-state index contributed by atoms with van der Waals surface area (Å²) in [7, 11) is 0. The first kappa shape index (κ1) is 18.4. The third kappa shape index (κ3) is 3.46. The summed E-state index contributed by atoms with van der Waals surface area (Å²) in [6, 6.07) is 15.8. The van der Waals surface area contributed by atoms with E-state index in [0.29, 0.717) is 35.6 Å². The van der Waals surface area contributed by atoms with Crippen molar-refractivity contribution in [2.24, 2.45) is 0 Å². The van der Waals surface area contributed by atoms with Gasteiger partial charge in [-0.2, -0.15) is 4.98 Å². The SMILES string of the molecule is CSc1ccc(-c2noc(-c3ncn4c3COC(c3ccccc3Cl)C4)n2)cc1. The van der Waals surface area contributed by atoms with E-state index in [1.807, 2.05) is 54.8 Å². The van der Waals surface area contributed by atoms with E-state index in [4.69, 9.17) is 20.9 Å². The van der Waals surface area contributed by atoms with Crippen LogP contribution in [0, 0.1) is 0 Å². The standard InChI is InChI=1S/C21H17ClN4O2S/c1-29-14-8-6-13(7-9-14)20-24-21(28-25-20)19-17-11-27-18(10-26(17)12-23-19)15-4-2-3-5-16(15)22/h2-9,12,18H,10-11H2,1H3. The summed E-state index contributed by atoms with van der Waals surface area (Å²) < 4.78 is 13.6. The van der Waals surface area contributed by atoms with Crippen LogP contribution in [-0.2, 0) is 17.9 Å². The van der Waals surface area contributed by atoms with Crippen LogP contribution in [0.25, 0.3) is 23.0 Å². The second-order valence-electron chi connectivity index (χ2n) is 6.67. The van der Waals surface area contributed by atoms with Crippen LogP contribution in [0.4, 0.5) is 0 Å². The topological polar surface area (TPSA) is 66.0 Å². The van der Waals surface area contributed by atoms with Crippen LogP contribution in [0.2, 0.25) is 5.02 Å². The van der Waals surface area contributed by atoms with E-state index in [9.17, 15) is 0 Å². The van der Waals surface area contributed by atoms with E-state index >= 15 is 0 Å². The second kappa shape index (κ2) is 7.67. The molecule has 1 aliphatic heterocycles. The van der Waals surface area contributed by atoms with Crippen molar-refractivity contribution in [3.8, 4) is 23.0 Å². The first-order chi connectivity index (χ1) is 14.2. The zero-order chi connectivity index (χ0) is 19.8. The van der Waals surface area contributed by atoms with Crippen molar-refractivity contribution in [1.29, 1.82) is 0 Å². The number of hydrogen-bond acceptors (Lipinski definition) is 6. The van der Waals surface area contributed by atoms with E-state index in [0.717, 1.165) is 16.8 Å². The van der Waals surface area contributed by atoms with Gasteiger partial charge in [0, 0.05) is 21.0 Å². The molecule has 0 saturated carbocycles. The quantitative estimate of drug-likeness (QED) is 0.417. The lowest BCUT2D eigenvalue weighted by Crippen LogP contribution is -2.20. The Morgan fingerprint density at radius 1 is 1.14 bits per heavy atom. The molecule has 0 spiro atoms. The van der Waals surface area contributed by atoms with Crippen molar-refractivity contribution in [2.75, 3.05) is 6.26 Å². The van der Waals surface area contributed by atoms with E-state index in [1.54, 1.807) is 18.1 Å². The average Bonchev–Trinajstić information content (AvgIpc) is 3.41. The molecule has 5 rings (SSSR count). The number of ether oxygens (including phenoxy) is 1. The van der Waals surface area contributed by atoms with E-state index in [2.05, 4.69) is 19.7 Å². The number of thioether (sulfide) groups is 1. The molecule has 0 saturated heterocycles. The number of nitrogens with zero attached hydrogens (tertiary/aromatic N) is 4. The number of halogens is 1. The van der Waals surface area contributed by atoms with Crippen molar-refractivity contribution in [3.05, 3.63) is 71.1 Å². The highest BCUT2D eigenvalue weighted by atomic mass is 35.5. The molecule has 1 aliphatic rings. The Kier molecular flexibility index (Phi) is 4.87. The lowest BCUT2D eigenvalue weighted by molar-refractivity contribution is 0.00336. The summed E-state index contributed by atoms with van der Waals surface area (Å²) in [4.78, 5) is 10.2. The van der Waals surface area contributed by atoms with Crippen LogP contribution in [0.3, 0.4) is 0 Å². The molecule has 0 radical (unpaired) electrons. The van der Waals surface area contributed by atoms with Crippen LogP contribution in [-0.4, -0.2) is 25.9 Å². The molecule has 146 valence electrons. The second-order valence-corrected chi connectivity index (χ2v) is 7.95. The molecule has 1 unspecified atom stereocenters. The van der Waals surface area contributed by atoms with Crippen LogP contribution < -0.4 is 0 Å². The smallest absolute Gasteiger partial charge is 0.278 e. The molecule has 0 aliphatic carbocycles.